The van der Waals surface area contributed by atoms with E-state index < -0.39 is 0 Å². The largest absolute Gasteiger partial charge is 0.358 e. The van der Waals surface area contributed by atoms with Crippen LogP contribution in [-0.2, 0) is 6.42 Å². The molecule has 1 heterocycles. The van der Waals surface area contributed by atoms with E-state index in [1.165, 1.54) is 16.3 Å². The van der Waals surface area contributed by atoms with Crippen LogP contribution in [0.3, 0.4) is 0 Å². The molecule has 0 fully saturated rings. The van der Waals surface area contributed by atoms with Crippen molar-refractivity contribution in [2.24, 2.45) is 0 Å². The number of fused-ring (bicyclic) bond motifs is 1. The molecule has 0 spiro atoms. The zero-order chi connectivity index (χ0) is 16.9. The number of hydrogen-bond donors (Lipinski definition) is 1. The number of benzene rings is 2. The van der Waals surface area contributed by atoms with Crippen LogP contribution in [0.15, 0.2) is 54.6 Å². The Balaban J connectivity index is 1.70. The number of amides is 1. The number of carbonyl (C=O) groups excluding carboxylic acids is 1. The Morgan fingerprint density at radius 1 is 1.04 bits per heavy atom. The van der Waals surface area contributed by atoms with Gasteiger partial charge < -0.3 is 10.2 Å². The minimum Gasteiger partial charge on any atom is -0.358 e. The van der Waals surface area contributed by atoms with Gasteiger partial charge in [0.1, 0.15) is 0 Å². The summed E-state index contributed by atoms with van der Waals surface area (Å²) in [5, 5.41) is 13.2. The Morgan fingerprint density at radius 3 is 2.58 bits per heavy atom. The van der Waals surface area contributed by atoms with Crippen LogP contribution in [0.4, 0.5) is 5.82 Å². The van der Waals surface area contributed by atoms with Gasteiger partial charge in [-0.25, -0.2) is 0 Å². The maximum absolute atomic E-state index is 11.5. The third kappa shape index (κ3) is 3.35. The van der Waals surface area contributed by atoms with Crippen molar-refractivity contribution in [1.82, 2.24) is 15.5 Å². The molecule has 1 amide bonds. The first-order chi connectivity index (χ1) is 11.7. The lowest BCUT2D eigenvalue weighted by Gasteiger charge is -2.18. The molecule has 0 atom stereocenters. The second kappa shape index (κ2) is 7.08. The average Bonchev–Trinajstić information content (AvgIpc) is 2.65. The first-order valence-corrected chi connectivity index (χ1v) is 7.92. The average molecular weight is 320 g/mol. The fourth-order valence-corrected chi connectivity index (χ4v) is 2.69. The van der Waals surface area contributed by atoms with Crippen LogP contribution < -0.4 is 10.2 Å². The molecule has 5 heteroatoms. The number of aromatic nitrogens is 2. The summed E-state index contributed by atoms with van der Waals surface area (Å²) in [6, 6.07) is 18.3. The molecule has 0 aliphatic carbocycles. The Hall–Kier alpha value is -2.95. The summed E-state index contributed by atoms with van der Waals surface area (Å²) >= 11 is 0. The Kier molecular flexibility index (Phi) is 4.70. The van der Waals surface area contributed by atoms with Crippen LogP contribution in [0, 0.1) is 0 Å². The number of anilines is 1. The fourth-order valence-electron chi connectivity index (χ4n) is 2.69. The highest BCUT2D eigenvalue weighted by Crippen LogP contribution is 2.19. The quantitative estimate of drug-likeness (QED) is 0.785. The molecule has 3 rings (SSSR count). The van der Waals surface area contributed by atoms with Crippen LogP contribution in [0.5, 0.6) is 0 Å². The molecule has 0 saturated carbocycles. The van der Waals surface area contributed by atoms with E-state index >= 15 is 0 Å². The van der Waals surface area contributed by atoms with Gasteiger partial charge in [-0.1, -0.05) is 42.5 Å². The highest BCUT2D eigenvalue weighted by Gasteiger charge is 2.09. The topological polar surface area (TPSA) is 58.1 Å². The molecular formula is C19H20N4O. The lowest BCUT2D eigenvalue weighted by Crippen LogP contribution is -2.23. The molecule has 0 aliphatic rings. The Labute approximate surface area is 141 Å². The van der Waals surface area contributed by atoms with Gasteiger partial charge in [0, 0.05) is 20.6 Å². The lowest BCUT2D eigenvalue weighted by atomic mass is 10.0. The van der Waals surface area contributed by atoms with E-state index in [9.17, 15) is 4.79 Å². The lowest BCUT2D eigenvalue weighted by molar-refractivity contribution is 0.0957. The number of rotatable bonds is 5. The van der Waals surface area contributed by atoms with E-state index in [4.69, 9.17) is 0 Å². The van der Waals surface area contributed by atoms with Gasteiger partial charge in [0.2, 0.25) is 0 Å². The fraction of sp³-hybridized carbons (Fsp3) is 0.211. The van der Waals surface area contributed by atoms with Crippen LogP contribution >= 0.6 is 0 Å². The van der Waals surface area contributed by atoms with E-state index in [0.717, 1.165) is 18.8 Å². The minimum atomic E-state index is -0.229. The molecule has 0 bridgehead atoms. The molecule has 1 N–H and O–H groups in total. The van der Waals surface area contributed by atoms with Gasteiger partial charge in [-0.05, 0) is 34.9 Å². The summed E-state index contributed by atoms with van der Waals surface area (Å²) in [4.78, 5) is 13.5. The van der Waals surface area contributed by atoms with Crippen molar-refractivity contribution < 1.29 is 4.79 Å². The van der Waals surface area contributed by atoms with Gasteiger partial charge in [0.15, 0.2) is 11.5 Å². The van der Waals surface area contributed by atoms with Crippen molar-refractivity contribution in [2.75, 3.05) is 25.5 Å². The van der Waals surface area contributed by atoms with Crippen molar-refractivity contribution in [3.05, 3.63) is 65.9 Å². The van der Waals surface area contributed by atoms with Crippen molar-refractivity contribution in [1.29, 1.82) is 0 Å². The first kappa shape index (κ1) is 15.9. The van der Waals surface area contributed by atoms with Gasteiger partial charge >= 0.3 is 0 Å². The molecule has 122 valence electrons. The molecular weight excluding hydrogens is 300 g/mol. The SMILES string of the molecule is CNC(=O)c1ccc(N(C)CCc2cccc3ccccc23)nn1. The minimum absolute atomic E-state index is 0.229. The van der Waals surface area contributed by atoms with Crippen molar-refractivity contribution >= 4 is 22.5 Å². The third-order valence-corrected chi connectivity index (χ3v) is 4.10. The van der Waals surface area contributed by atoms with E-state index in [0.29, 0.717) is 5.69 Å². The maximum Gasteiger partial charge on any atom is 0.271 e. The predicted molar refractivity (Wildman–Crippen MR) is 96.3 cm³/mol. The summed E-state index contributed by atoms with van der Waals surface area (Å²) in [6.07, 6.45) is 0.913. The maximum atomic E-state index is 11.5. The second-order valence-corrected chi connectivity index (χ2v) is 5.67. The normalized spacial score (nSPS) is 10.6. The number of likely N-dealkylation sites (N-methyl/N-ethyl adjacent to an activating group) is 1. The molecule has 0 unspecified atom stereocenters. The van der Waals surface area contributed by atoms with Gasteiger partial charge in [0.05, 0.1) is 0 Å². The standard InChI is InChI=1S/C19H20N4O/c1-20-19(24)17-10-11-18(22-21-17)23(2)13-12-15-8-5-7-14-6-3-4-9-16(14)15/h3-11H,12-13H2,1-2H3,(H,20,24). The van der Waals surface area contributed by atoms with Gasteiger partial charge in [-0.3, -0.25) is 4.79 Å². The van der Waals surface area contributed by atoms with Gasteiger partial charge in [-0.15, -0.1) is 10.2 Å². The molecule has 5 nitrogen and oxygen atoms in total. The zero-order valence-corrected chi connectivity index (χ0v) is 13.9. The van der Waals surface area contributed by atoms with Crippen LogP contribution in [-0.4, -0.2) is 36.7 Å². The Morgan fingerprint density at radius 2 is 1.83 bits per heavy atom. The van der Waals surface area contributed by atoms with E-state index in [-0.39, 0.29) is 5.91 Å². The molecule has 2 aromatic carbocycles. The van der Waals surface area contributed by atoms with Crippen molar-refractivity contribution in [2.45, 2.75) is 6.42 Å². The van der Waals surface area contributed by atoms with Crippen molar-refractivity contribution in [3.63, 3.8) is 0 Å². The summed E-state index contributed by atoms with van der Waals surface area (Å²) in [7, 11) is 3.56. The van der Waals surface area contributed by atoms with Crippen LogP contribution in [0.25, 0.3) is 10.8 Å². The van der Waals surface area contributed by atoms with Crippen LogP contribution in [0.1, 0.15) is 16.1 Å². The molecule has 24 heavy (non-hydrogen) atoms. The first-order valence-electron chi connectivity index (χ1n) is 7.92. The molecule has 0 radical (unpaired) electrons. The van der Waals surface area contributed by atoms with E-state index in [2.05, 4.69) is 58.0 Å². The van der Waals surface area contributed by atoms with Crippen molar-refractivity contribution in [3.8, 4) is 0 Å². The molecule has 0 aliphatic heterocycles. The van der Waals surface area contributed by atoms with Gasteiger partial charge in [-0.2, -0.15) is 0 Å². The number of hydrogen-bond acceptors (Lipinski definition) is 4. The highest BCUT2D eigenvalue weighted by molar-refractivity contribution is 5.91. The van der Waals surface area contributed by atoms with Crippen LogP contribution in [0.2, 0.25) is 0 Å². The number of nitrogens with one attached hydrogen (secondary N) is 1. The second-order valence-electron chi connectivity index (χ2n) is 5.67. The molecule has 3 aromatic rings. The van der Waals surface area contributed by atoms with Gasteiger partial charge in [0.25, 0.3) is 5.91 Å². The smallest absolute Gasteiger partial charge is 0.271 e. The zero-order valence-electron chi connectivity index (χ0n) is 13.9. The predicted octanol–water partition coefficient (Wildman–Crippen LogP) is 2.67. The summed E-state index contributed by atoms with van der Waals surface area (Å²) in [5.74, 6) is 0.523. The molecule has 0 saturated heterocycles. The highest BCUT2D eigenvalue weighted by atomic mass is 16.1. The third-order valence-electron chi connectivity index (χ3n) is 4.10. The number of nitrogens with zero attached hydrogens (tertiary/aromatic N) is 3. The summed E-state index contributed by atoms with van der Waals surface area (Å²) in [5.41, 5.74) is 1.64. The van der Waals surface area contributed by atoms with E-state index in [1.807, 2.05) is 18.0 Å². The molecule has 1 aromatic heterocycles. The van der Waals surface area contributed by atoms with E-state index in [1.54, 1.807) is 13.1 Å². The Bertz CT molecular complexity index is 840. The summed E-state index contributed by atoms with van der Waals surface area (Å²) in [6.45, 7) is 0.821. The number of carbonyl (C=O) groups is 1. The summed E-state index contributed by atoms with van der Waals surface area (Å²) < 4.78 is 0. The monoisotopic (exact) mass is 320 g/mol.